The fourth-order valence-corrected chi connectivity index (χ4v) is 2.27. The highest BCUT2D eigenvalue weighted by Gasteiger charge is 2.30. The summed E-state index contributed by atoms with van der Waals surface area (Å²) >= 11 is 0. The summed E-state index contributed by atoms with van der Waals surface area (Å²) < 4.78 is 10.2. The van der Waals surface area contributed by atoms with E-state index in [1.54, 1.807) is 0 Å². The Morgan fingerprint density at radius 1 is 1.42 bits per heavy atom. The van der Waals surface area contributed by atoms with Gasteiger partial charge in [0.2, 0.25) is 0 Å². The van der Waals surface area contributed by atoms with Gasteiger partial charge in [-0.1, -0.05) is 32.0 Å². The Kier molecular flexibility index (Phi) is 9.40. The van der Waals surface area contributed by atoms with Crippen molar-refractivity contribution in [1.29, 1.82) is 0 Å². The predicted octanol–water partition coefficient (Wildman–Crippen LogP) is 0.741. The van der Waals surface area contributed by atoms with E-state index in [1.807, 2.05) is 44.2 Å². The number of rotatable bonds is 7. The van der Waals surface area contributed by atoms with Crippen LogP contribution in [0.2, 0.25) is 0 Å². The minimum atomic E-state index is -0.811. The van der Waals surface area contributed by atoms with E-state index >= 15 is 0 Å². The van der Waals surface area contributed by atoms with Gasteiger partial charge < -0.3 is 30.6 Å². The Hall–Kier alpha value is -1.61. The molecule has 0 aromatic heterocycles. The molecule has 1 aliphatic rings. The molecule has 0 spiro atoms. The van der Waals surface area contributed by atoms with Crippen molar-refractivity contribution in [3.05, 3.63) is 30.3 Å². The molecule has 0 amide bonds. The quantitative estimate of drug-likeness (QED) is 0.429. The topological polar surface area (TPSA) is 114 Å². The minimum absolute atomic E-state index is 0.0477. The third kappa shape index (κ3) is 8.30. The van der Waals surface area contributed by atoms with Gasteiger partial charge in [0.15, 0.2) is 0 Å². The predicted molar refractivity (Wildman–Crippen MR) is 91.4 cm³/mol. The highest BCUT2D eigenvalue weighted by molar-refractivity contribution is 6.15. The third-order valence-corrected chi connectivity index (χ3v) is 3.37. The average Bonchev–Trinajstić information content (AvgIpc) is 2.97. The van der Waals surface area contributed by atoms with Gasteiger partial charge in [-0.05, 0) is 24.5 Å². The Balaban J connectivity index is 0.000000277. The number of para-hydroxylation sites is 1. The lowest BCUT2D eigenvalue weighted by Gasteiger charge is -2.12. The van der Waals surface area contributed by atoms with Gasteiger partial charge in [-0.2, -0.15) is 0 Å². The number of carbonyl (C=O) groups is 1. The van der Waals surface area contributed by atoms with Crippen LogP contribution in [-0.2, 0) is 9.45 Å². The highest BCUT2D eigenvalue weighted by Crippen LogP contribution is 2.16. The number of nitrogens with two attached hydrogens (primary N) is 1. The van der Waals surface area contributed by atoms with E-state index in [-0.39, 0.29) is 12.3 Å². The van der Waals surface area contributed by atoms with E-state index in [0.29, 0.717) is 26.6 Å². The van der Waals surface area contributed by atoms with Gasteiger partial charge in [-0.3, -0.25) is 4.79 Å². The summed E-state index contributed by atoms with van der Waals surface area (Å²) in [4.78, 5) is 10.7. The summed E-state index contributed by atoms with van der Waals surface area (Å²) in [5.74, 6) is 0.476. The molecule has 1 aliphatic heterocycles. The average molecular weight is 337 g/mol. The molecule has 5 N–H and O–H groups in total. The molecule has 1 saturated heterocycles. The largest absolute Gasteiger partial charge is 0.489 e. The van der Waals surface area contributed by atoms with Gasteiger partial charge in [0, 0.05) is 13.0 Å². The summed E-state index contributed by atoms with van der Waals surface area (Å²) in [5.41, 5.74) is 5.37. The summed E-state index contributed by atoms with van der Waals surface area (Å²) in [6.07, 6.45) is 0.866. The second-order valence-electron chi connectivity index (χ2n) is 6.00. The smallest absolute Gasteiger partial charge is 0.486 e. The van der Waals surface area contributed by atoms with Gasteiger partial charge in [0.1, 0.15) is 17.9 Å². The van der Waals surface area contributed by atoms with Gasteiger partial charge in [0.25, 0.3) is 0 Å². The Bertz CT molecular complexity index is 475. The molecule has 8 heteroatoms. The van der Waals surface area contributed by atoms with Crippen molar-refractivity contribution in [1.82, 2.24) is 5.32 Å². The van der Waals surface area contributed by atoms with Gasteiger partial charge in [-0.25, -0.2) is 0 Å². The fourth-order valence-electron chi connectivity index (χ4n) is 2.27. The van der Waals surface area contributed by atoms with Crippen molar-refractivity contribution >= 4 is 13.7 Å². The van der Waals surface area contributed by atoms with Crippen LogP contribution in [0, 0.1) is 5.92 Å². The number of benzene rings is 1. The van der Waals surface area contributed by atoms with Crippen LogP contribution < -0.4 is 15.8 Å². The third-order valence-electron chi connectivity index (χ3n) is 3.37. The number of carboxylic acid groups (broad SMARTS) is 1. The molecule has 1 aromatic rings. The van der Waals surface area contributed by atoms with Gasteiger partial charge >= 0.3 is 13.7 Å². The monoisotopic (exact) mass is 337 g/mol. The van der Waals surface area contributed by atoms with Gasteiger partial charge in [0.05, 0.1) is 6.23 Å². The van der Waals surface area contributed by atoms with Crippen molar-refractivity contribution in [2.45, 2.75) is 45.1 Å². The van der Waals surface area contributed by atoms with Crippen LogP contribution in [0.4, 0.5) is 0 Å². The van der Waals surface area contributed by atoms with E-state index in [1.165, 1.54) is 0 Å². The van der Waals surface area contributed by atoms with Crippen LogP contribution in [0.3, 0.4) is 0 Å². The van der Waals surface area contributed by atoms with Crippen LogP contribution in [0.1, 0.15) is 26.7 Å². The van der Waals surface area contributed by atoms with Crippen molar-refractivity contribution < 1.29 is 24.3 Å². The summed E-state index contributed by atoms with van der Waals surface area (Å²) in [7, 11) is 0.632. The standard InChI is InChI=1S/C11H13NO3.C5H13BNO2/c13-11(14)10-6-9(7-12-10)15-8-4-2-1-3-5-8;1-4(2)3-5(7)9-6-8/h1-5,9-10,12H,6-7H2,(H,13,14);4-5,8H,3,7H2,1-2H3/t9-,10+;5-/m11/s1. The lowest BCUT2D eigenvalue weighted by atomic mass is 10.1. The molecular formula is C16H26BN2O5. The molecule has 1 fully saturated rings. The molecule has 24 heavy (non-hydrogen) atoms. The maximum Gasteiger partial charge on any atom is 0.486 e. The lowest BCUT2D eigenvalue weighted by molar-refractivity contribution is -0.139. The number of aliphatic carboxylic acids is 1. The molecule has 0 saturated carbocycles. The number of ether oxygens (including phenoxy) is 1. The first kappa shape index (κ1) is 20.4. The molecule has 1 aromatic carbocycles. The molecular weight excluding hydrogens is 311 g/mol. The minimum Gasteiger partial charge on any atom is -0.489 e. The van der Waals surface area contributed by atoms with Crippen LogP contribution in [0.25, 0.3) is 0 Å². The molecule has 0 unspecified atom stereocenters. The fraction of sp³-hybridized carbons (Fsp3) is 0.562. The molecule has 0 bridgehead atoms. The van der Waals surface area contributed by atoms with Crippen LogP contribution in [0.5, 0.6) is 5.75 Å². The zero-order valence-corrected chi connectivity index (χ0v) is 14.1. The molecule has 1 radical (unpaired) electrons. The SMILES string of the molecule is CC(C)C[C@H](N)O[B]O.O=C(O)[C@@H]1C[C@@H](Oc2ccccc2)CN1. The summed E-state index contributed by atoms with van der Waals surface area (Å²) in [6, 6.07) is 8.97. The van der Waals surface area contributed by atoms with Gasteiger partial charge in [-0.15, -0.1) is 0 Å². The Morgan fingerprint density at radius 2 is 2.08 bits per heavy atom. The number of carboxylic acids is 1. The second kappa shape index (κ2) is 11.0. The first-order chi connectivity index (χ1) is 11.4. The highest BCUT2D eigenvalue weighted by atomic mass is 16.5. The summed E-state index contributed by atoms with van der Waals surface area (Å²) in [5, 5.41) is 19.8. The number of hydrogen-bond acceptors (Lipinski definition) is 6. The zero-order valence-electron chi connectivity index (χ0n) is 14.1. The molecule has 3 atom stereocenters. The van der Waals surface area contributed by atoms with E-state index in [2.05, 4.69) is 9.97 Å². The number of hydrogen-bond donors (Lipinski definition) is 4. The Morgan fingerprint density at radius 3 is 2.58 bits per heavy atom. The van der Waals surface area contributed by atoms with E-state index in [9.17, 15) is 4.79 Å². The van der Waals surface area contributed by atoms with Crippen molar-refractivity contribution in [2.75, 3.05) is 6.54 Å². The molecule has 2 rings (SSSR count). The van der Waals surface area contributed by atoms with E-state index in [4.69, 9.17) is 20.6 Å². The first-order valence-corrected chi connectivity index (χ1v) is 7.97. The zero-order chi connectivity index (χ0) is 17.9. The van der Waals surface area contributed by atoms with Crippen LogP contribution in [0.15, 0.2) is 30.3 Å². The molecule has 0 aliphatic carbocycles. The second-order valence-corrected chi connectivity index (χ2v) is 6.00. The van der Waals surface area contributed by atoms with E-state index < -0.39 is 12.0 Å². The lowest BCUT2D eigenvalue weighted by Crippen LogP contribution is -2.30. The van der Waals surface area contributed by atoms with Crippen molar-refractivity contribution in [3.8, 4) is 5.75 Å². The molecule has 133 valence electrons. The number of nitrogens with one attached hydrogen (secondary N) is 1. The van der Waals surface area contributed by atoms with E-state index in [0.717, 1.165) is 12.2 Å². The Labute approximate surface area is 143 Å². The summed E-state index contributed by atoms with van der Waals surface area (Å²) in [6.45, 7) is 4.67. The molecule has 7 nitrogen and oxygen atoms in total. The van der Waals surface area contributed by atoms with Crippen LogP contribution in [-0.4, -0.2) is 48.7 Å². The van der Waals surface area contributed by atoms with Crippen molar-refractivity contribution in [3.63, 3.8) is 0 Å². The maximum absolute atomic E-state index is 10.7. The first-order valence-electron chi connectivity index (χ1n) is 7.97. The van der Waals surface area contributed by atoms with Crippen LogP contribution >= 0.6 is 0 Å². The normalized spacial score (nSPS) is 20.9. The van der Waals surface area contributed by atoms with Crippen molar-refractivity contribution in [2.24, 2.45) is 11.7 Å². The molecule has 1 heterocycles. The maximum atomic E-state index is 10.7.